The van der Waals surface area contributed by atoms with E-state index in [0.717, 1.165) is 24.2 Å². The van der Waals surface area contributed by atoms with Gasteiger partial charge in [-0.2, -0.15) is 0 Å². The molecule has 0 aliphatic rings. The van der Waals surface area contributed by atoms with Gasteiger partial charge in [-0.15, -0.1) is 0 Å². The van der Waals surface area contributed by atoms with E-state index < -0.39 is 16.6 Å². The smallest absolute Gasteiger partial charge is 0.190 e. The molecule has 0 aromatic heterocycles. The van der Waals surface area contributed by atoms with Gasteiger partial charge in [-0.1, -0.05) is 88.4 Å². The fourth-order valence-corrected chi connectivity index (χ4v) is 6.75. The summed E-state index contributed by atoms with van der Waals surface area (Å²) < 4.78 is 14.0. The van der Waals surface area contributed by atoms with Crippen LogP contribution in [0.5, 0.6) is 0 Å². The Balaban J connectivity index is 2.54. The van der Waals surface area contributed by atoms with Crippen LogP contribution in [0.2, 0.25) is 37.3 Å². The van der Waals surface area contributed by atoms with E-state index >= 15 is 0 Å². The van der Waals surface area contributed by atoms with Crippen LogP contribution in [0.25, 0.3) is 0 Å². The second-order valence-corrected chi connectivity index (χ2v) is 17.3. The van der Waals surface area contributed by atoms with Gasteiger partial charge in [0.1, 0.15) is 0 Å². The molecule has 154 valence electrons. The maximum absolute atomic E-state index is 7.01. The molecule has 0 radical (unpaired) electrons. The first-order valence-electron chi connectivity index (χ1n) is 10.9. The van der Waals surface area contributed by atoms with Gasteiger partial charge in [-0.25, -0.2) is 0 Å². The molecule has 2 aromatic rings. The Bertz CT molecular complexity index is 621. The minimum absolute atomic E-state index is 0.0647. The molecular formula is C24H38O2Si2. The molecule has 0 saturated heterocycles. The van der Waals surface area contributed by atoms with Gasteiger partial charge < -0.3 is 8.85 Å². The van der Waals surface area contributed by atoms with Gasteiger partial charge >= 0.3 is 0 Å². The van der Waals surface area contributed by atoms with Gasteiger partial charge in [0.05, 0.1) is 12.2 Å². The lowest BCUT2D eigenvalue weighted by Crippen LogP contribution is -2.40. The molecule has 2 unspecified atom stereocenters. The summed E-state index contributed by atoms with van der Waals surface area (Å²) in [7, 11) is -3.60. The standard InChI is InChI=1S/C24H38O2Si2/c1-7-27(5,8-2)25-23(21-17-13-11-14-18-21)24(22-19-15-12-16-20-22)26-28(6,9-3)10-4/h11-20,23-24H,7-10H2,1-6H3. The van der Waals surface area contributed by atoms with Gasteiger partial charge in [0, 0.05) is 0 Å². The third-order valence-corrected chi connectivity index (χ3v) is 14.0. The zero-order valence-electron chi connectivity index (χ0n) is 18.6. The van der Waals surface area contributed by atoms with Crippen molar-refractivity contribution in [2.45, 2.75) is 77.2 Å². The molecule has 0 bridgehead atoms. The summed E-state index contributed by atoms with van der Waals surface area (Å²) in [6, 6.07) is 25.8. The first kappa shape index (κ1) is 23.1. The van der Waals surface area contributed by atoms with Gasteiger partial charge in [-0.05, 0) is 48.4 Å². The molecule has 0 aliphatic heterocycles. The van der Waals surface area contributed by atoms with Crippen LogP contribution in [-0.4, -0.2) is 16.6 Å². The predicted octanol–water partition coefficient (Wildman–Crippen LogP) is 7.73. The second-order valence-electron chi connectivity index (χ2n) is 8.21. The van der Waals surface area contributed by atoms with Crippen molar-refractivity contribution in [3.63, 3.8) is 0 Å². The van der Waals surface area contributed by atoms with Crippen molar-refractivity contribution in [1.29, 1.82) is 0 Å². The van der Waals surface area contributed by atoms with E-state index in [9.17, 15) is 0 Å². The van der Waals surface area contributed by atoms with Gasteiger partial charge in [0.15, 0.2) is 16.6 Å². The van der Waals surface area contributed by atoms with E-state index in [0.29, 0.717) is 0 Å². The lowest BCUT2D eigenvalue weighted by Gasteiger charge is -2.40. The number of hydrogen-bond acceptors (Lipinski definition) is 2. The number of hydrogen-bond donors (Lipinski definition) is 0. The lowest BCUT2D eigenvalue weighted by atomic mass is 9.98. The number of rotatable bonds is 11. The monoisotopic (exact) mass is 414 g/mol. The van der Waals surface area contributed by atoms with Crippen LogP contribution < -0.4 is 0 Å². The normalized spacial score (nSPS) is 14.6. The van der Waals surface area contributed by atoms with Crippen molar-refractivity contribution in [1.82, 2.24) is 0 Å². The van der Waals surface area contributed by atoms with Crippen LogP contribution >= 0.6 is 0 Å². The predicted molar refractivity (Wildman–Crippen MR) is 126 cm³/mol. The summed E-state index contributed by atoms with van der Waals surface area (Å²) in [5.74, 6) is 0. The fourth-order valence-electron chi connectivity index (χ4n) is 3.34. The number of benzene rings is 2. The van der Waals surface area contributed by atoms with E-state index in [2.05, 4.69) is 101 Å². The largest absolute Gasteiger partial charge is 0.407 e. The van der Waals surface area contributed by atoms with E-state index in [1.165, 1.54) is 11.1 Å². The van der Waals surface area contributed by atoms with Gasteiger partial charge in [0.25, 0.3) is 0 Å². The maximum Gasteiger partial charge on any atom is 0.190 e. The third-order valence-electron chi connectivity index (χ3n) is 6.35. The van der Waals surface area contributed by atoms with Crippen LogP contribution in [0.4, 0.5) is 0 Å². The first-order valence-corrected chi connectivity index (χ1v) is 16.5. The Labute approximate surface area is 174 Å². The molecule has 2 aromatic carbocycles. The summed E-state index contributed by atoms with van der Waals surface area (Å²) >= 11 is 0. The van der Waals surface area contributed by atoms with Gasteiger partial charge in [0.2, 0.25) is 0 Å². The van der Waals surface area contributed by atoms with Crippen LogP contribution in [0.1, 0.15) is 51.0 Å². The Morgan fingerprint density at radius 1 is 0.571 bits per heavy atom. The third kappa shape index (κ3) is 5.90. The van der Waals surface area contributed by atoms with Crippen molar-refractivity contribution in [3.05, 3.63) is 71.8 Å². The van der Waals surface area contributed by atoms with Crippen molar-refractivity contribution >= 4 is 16.6 Å². The molecule has 0 amide bonds. The zero-order valence-corrected chi connectivity index (χ0v) is 20.6. The minimum atomic E-state index is -1.80. The highest BCUT2D eigenvalue weighted by Crippen LogP contribution is 2.41. The SMILES string of the molecule is CC[Si](C)(CC)OC(c1ccccc1)C(O[Si](C)(CC)CC)c1ccccc1. The topological polar surface area (TPSA) is 18.5 Å². The van der Waals surface area contributed by atoms with Crippen LogP contribution in [0.3, 0.4) is 0 Å². The van der Waals surface area contributed by atoms with E-state index in [4.69, 9.17) is 8.85 Å². The minimum Gasteiger partial charge on any atom is -0.407 e. The molecular weight excluding hydrogens is 376 g/mol. The lowest BCUT2D eigenvalue weighted by molar-refractivity contribution is 0.0384. The molecule has 2 nitrogen and oxygen atoms in total. The maximum atomic E-state index is 7.01. The average molecular weight is 415 g/mol. The van der Waals surface area contributed by atoms with Crippen molar-refractivity contribution in [3.8, 4) is 0 Å². The molecule has 0 aliphatic carbocycles. The summed E-state index contributed by atoms with van der Waals surface area (Å²) in [5.41, 5.74) is 2.45. The van der Waals surface area contributed by atoms with Crippen LogP contribution in [0.15, 0.2) is 60.7 Å². The first-order chi connectivity index (χ1) is 13.4. The van der Waals surface area contributed by atoms with Crippen molar-refractivity contribution < 1.29 is 8.85 Å². The summed E-state index contributed by atoms with van der Waals surface area (Å²) in [6.45, 7) is 13.8. The Hall–Kier alpha value is -1.21. The molecule has 2 atom stereocenters. The van der Waals surface area contributed by atoms with Crippen molar-refractivity contribution in [2.75, 3.05) is 0 Å². The zero-order chi connectivity index (χ0) is 20.6. The molecule has 0 fully saturated rings. The highest BCUT2D eigenvalue weighted by Gasteiger charge is 2.38. The van der Waals surface area contributed by atoms with Gasteiger partial charge in [-0.3, -0.25) is 0 Å². The molecule has 0 spiro atoms. The Morgan fingerprint density at radius 2 is 0.857 bits per heavy atom. The quantitative estimate of drug-likeness (QED) is 0.350. The van der Waals surface area contributed by atoms with Crippen LogP contribution in [-0.2, 0) is 8.85 Å². The summed E-state index contributed by atoms with van der Waals surface area (Å²) in [5, 5.41) is 0. The highest BCUT2D eigenvalue weighted by molar-refractivity contribution is 6.72. The molecule has 0 heterocycles. The molecule has 0 saturated carbocycles. The Morgan fingerprint density at radius 3 is 1.11 bits per heavy atom. The van der Waals surface area contributed by atoms with Crippen LogP contribution in [0, 0.1) is 0 Å². The van der Waals surface area contributed by atoms with Crippen molar-refractivity contribution in [2.24, 2.45) is 0 Å². The molecule has 2 rings (SSSR count). The van der Waals surface area contributed by atoms with E-state index in [1.54, 1.807) is 0 Å². The molecule has 28 heavy (non-hydrogen) atoms. The van der Waals surface area contributed by atoms with E-state index in [1.807, 2.05) is 0 Å². The molecule has 0 N–H and O–H groups in total. The fraction of sp³-hybridized carbons (Fsp3) is 0.500. The summed E-state index contributed by atoms with van der Waals surface area (Å²) in [4.78, 5) is 0. The summed E-state index contributed by atoms with van der Waals surface area (Å²) in [6.07, 6.45) is -0.129. The Kier molecular flexibility index (Phi) is 8.68. The average Bonchev–Trinajstić information content (AvgIpc) is 2.77. The molecule has 4 heteroatoms. The highest BCUT2D eigenvalue weighted by atomic mass is 28.4. The van der Waals surface area contributed by atoms with E-state index in [-0.39, 0.29) is 12.2 Å². The second kappa shape index (κ2) is 10.5.